The molecular weight excluding hydrogens is 170 g/mol. The first kappa shape index (κ1) is 9.72. The summed E-state index contributed by atoms with van der Waals surface area (Å²) >= 11 is 0. The van der Waals surface area contributed by atoms with Gasteiger partial charge >= 0.3 is 0 Å². The second-order valence-electron chi connectivity index (χ2n) is 4.68. The van der Waals surface area contributed by atoms with Gasteiger partial charge in [0.2, 0.25) is 0 Å². The summed E-state index contributed by atoms with van der Waals surface area (Å²) in [5.74, 6) is 0. The van der Waals surface area contributed by atoms with Gasteiger partial charge in [-0.25, -0.2) is 0 Å². The predicted molar refractivity (Wildman–Crippen MR) is 60.2 cm³/mol. The molecule has 0 saturated heterocycles. The van der Waals surface area contributed by atoms with Gasteiger partial charge in [0, 0.05) is 5.54 Å². The third-order valence-electron chi connectivity index (χ3n) is 3.43. The molecule has 0 bridgehead atoms. The van der Waals surface area contributed by atoms with Crippen molar-refractivity contribution in [2.75, 3.05) is 0 Å². The van der Waals surface area contributed by atoms with Crippen LogP contribution in [0, 0.1) is 13.8 Å². The Balaban J connectivity index is 2.44. The summed E-state index contributed by atoms with van der Waals surface area (Å²) in [4.78, 5) is 0. The number of hydrogen-bond acceptors (Lipinski definition) is 1. The van der Waals surface area contributed by atoms with E-state index in [1.165, 1.54) is 29.5 Å². The molecule has 1 aromatic rings. The summed E-state index contributed by atoms with van der Waals surface area (Å²) in [6.07, 6.45) is 4.86. The van der Waals surface area contributed by atoms with Crippen molar-refractivity contribution in [3.63, 3.8) is 0 Å². The second kappa shape index (κ2) is 3.39. The average molecular weight is 189 g/mol. The number of aryl methyl sites for hydroxylation is 2. The number of rotatable bonds is 1. The van der Waals surface area contributed by atoms with Crippen LogP contribution in [0.1, 0.15) is 42.4 Å². The van der Waals surface area contributed by atoms with E-state index >= 15 is 0 Å². The molecule has 1 fully saturated rings. The van der Waals surface area contributed by atoms with Crippen molar-refractivity contribution in [3.8, 4) is 0 Å². The van der Waals surface area contributed by atoms with Crippen LogP contribution in [-0.2, 0) is 5.54 Å². The lowest BCUT2D eigenvalue weighted by atomic mass is 9.85. The van der Waals surface area contributed by atoms with Gasteiger partial charge in [0.1, 0.15) is 0 Å². The van der Waals surface area contributed by atoms with E-state index in [1.54, 1.807) is 0 Å². The van der Waals surface area contributed by atoms with Crippen LogP contribution >= 0.6 is 0 Å². The van der Waals surface area contributed by atoms with Gasteiger partial charge in [-0.3, -0.25) is 0 Å². The van der Waals surface area contributed by atoms with Crippen LogP contribution in [0.25, 0.3) is 0 Å². The lowest BCUT2D eigenvalue weighted by Gasteiger charge is -2.26. The maximum atomic E-state index is 6.45. The molecule has 1 aliphatic carbocycles. The van der Waals surface area contributed by atoms with Crippen molar-refractivity contribution in [3.05, 3.63) is 34.9 Å². The van der Waals surface area contributed by atoms with E-state index in [9.17, 15) is 0 Å². The smallest absolute Gasteiger partial charge is 0.0412 e. The average Bonchev–Trinajstić information content (AvgIpc) is 2.58. The van der Waals surface area contributed by atoms with Crippen LogP contribution in [0.4, 0.5) is 0 Å². The van der Waals surface area contributed by atoms with E-state index in [2.05, 4.69) is 32.0 Å². The molecule has 0 atom stereocenters. The molecule has 1 aromatic carbocycles. The minimum absolute atomic E-state index is 0.0316. The van der Waals surface area contributed by atoms with E-state index in [-0.39, 0.29) is 5.54 Å². The molecule has 1 nitrogen and oxygen atoms in total. The predicted octanol–water partition coefficient (Wildman–Crippen LogP) is 3.03. The first-order chi connectivity index (χ1) is 6.62. The second-order valence-corrected chi connectivity index (χ2v) is 4.68. The Morgan fingerprint density at radius 2 is 1.79 bits per heavy atom. The first-order valence-corrected chi connectivity index (χ1v) is 5.48. The zero-order valence-electron chi connectivity index (χ0n) is 9.14. The summed E-state index contributed by atoms with van der Waals surface area (Å²) in [6.45, 7) is 4.31. The third kappa shape index (κ3) is 1.57. The molecule has 2 N–H and O–H groups in total. The van der Waals surface area contributed by atoms with Crippen LogP contribution in [0.15, 0.2) is 18.2 Å². The third-order valence-corrected chi connectivity index (χ3v) is 3.43. The van der Waals surface area contributed by atoms with E-state index in [4.69, 9.17) is 5.73 Å². The van der Waals surface area contributed by atoms with Crippen LogP contribution in [0.2, 0.25) is 0 Å². The Kier molecular flexibility index (Phi) is 2.36. The summed E-state index contributed by atoms with van der Waals surface area (Å²) in [5.41, 5.74) is 10.5. The monoisotopic (exact) mass is 189 g/mol. The molecule has 0 aromatic heterocycles. The maximum absolute atomic E-state index is 6.45. The molecule has 1 heteroatoms. The van der Waals surface area contributed by atoms with Crippen LogP contribution < -0.4 is 5.73 Å². The molecule has 0 spiro atoms. The molecular formula is C13H19N. The Morgan fingerprint density at radius 1 is 1.14 bits per heavy atom. The zero-order valence-corrected chi connectivity index (χ0v) is 9.14. The molecule has 1 saturated carbocycles. The summed E-state index contributed by atoms with van der Waals surface area (Å²) in [7, 11) is 0. The highest BCUT2D eigenvalue weighted by atomic mass is 14.8. The fraction of sp³-hybridized carbons (Fsp3) is 0.538. The van der Waals surface area contributed by atoms with Gasteiger partial charge in [0.25, 0.3) is 0 Å². The molecule has 14 heavy (non-hydrogen) atoms. The highest BCUT2D eigenvalue weighted by Crippen LogP contribution is 2.37. The van der Waals surface area contributed by atoms with Gasteiger partial charge in [-0.05, 0) is 37.8 Å². The van der Waals surface area contributed by atoms with E-state index < -0.39 is 0 Å². The zero-order chi connectivity index (χ0) is 10.2. The molecule has 2 rings (SSSR count). The standard InChI is InChI=1S/C13H19N/c1-10-5-6-11(2)12(9-10)13(14)7-3-4-8-13/h5-6,9H,3-4,7-8,14H2,1-2H3. The lowest BCUT2D eigenvalue weighted by molar-refractivity contribution is 0.459. The Bertz CT molecular complexity index is 335. The highest BCUT2D eigenvalue weighted by Gasteiger charge is 2.32. The molecule has 0 aliphatic heterocycles. The van der Waals surface area contributed by atoms with Gasteiger partial charge in [0.15, 0.2) is 0 Å². The van der Waals surface area contributed by atoms with E-state index in [1.807, 2.05) is 0 Å². The summed E-state index contributed by atoms with van der Waals surface area (Å²) in [5, 5.41) is 0. The Morgan fingerprint density at radius 3 is 2.43 bits per heavy atom. The van der Waals surface area contributed by atoms with Crippen molar-refractivity contribution >= 4 is 0 Å². The summed E-state index contributed by atoms with van der Waals surface area (Å²) < 4.78 is 0. The number of hydrogen-bond donors (Lipinski definition) is 1. The van der Waals surface area contributed by atoms with Crippen molar-refractivity contribution < 1.29 is 0 Å². The van der Waals surface area contributed by atoms with Crippen molar-refractivity contribution in [1.82, 2.24) is 0 Å². The number of benzene rings is 1. The quantitative estimate of drug-likeness (QED) is 0.722. The minimum Gasteiger partial charge on any atom is -0.321 e. The Labute approximate surface area is 86.3 Å². The van der Waals surface area contributed by atoms with Crippen molar-refractivity contribution in [1.29, 1.82) is 0 Å². The molecule has 0 heterocycles. The molecule has 0 radical (unpaired) electrons. The van der Waals surface area contributed by atoms with Crippen molar-refractivity contribution in [2.24, 2.45) is 5.73 Å². The van der Waals surface area contributed by atoms with E-state index in [0.29, 0.717) is 0 Å². The largest absolute Gasteiger partial charge is 0.321 e. The SMILES string of the molecule is Cc1ccc(C)c(C2(N)CCCC2)c1. The maximum Gasteiger partial charge on any atom is 0.0412 e. The Hall–Kier alpha value is -0.820. The van der Waals surface area contributed by atoms with Gasteiger partial charge < -0.3 is 5.73 Å². The minimum atomic E-state index is -0.0316. The normalized spacial score (nSPS) is 19.9. The van der Waals surface area contributed by atoms with Gasteiger partial charge in [-0.2, -0.15) is 0 Å². The molecule has 1 aliphatic rings. The molecule has 76 valence electrons. The topological polar surface area (TPSA) is 26.0 Å². The molecule has 0 amide bonds. The highest BCUT2D eigenvalue weighted by molar-refractivity contribution is 5.36. The van der Waals surface area contributed by atoms with Gasteiger partial charge in [0.05, 0.1) is 0 Å². The van der Waals surface area contributed by atoms with Crippen LogP contribution in [0.3, 0.4) is 0 Å². The van der Waals surface area contributed by atoms with Crippen LogP contribution in [0.5, 0.6) is 0 Å². The van der Waals surface area contributed by atoms with Crippen LogP contribution in [-0.4, -0.2) is 0 Å². The van der Waals surface area contributed by atoms with Gasteiger partial charge in [-0.1, -0.05) is 36.6 Å². The fourth-order valence-corrected chi connectivity index (χ4v) is 2.55. The van der Waals surface area contributed by atoms with Gasteiger partial charge in [-0.15, -0.1) is 0 Å². The van der Waals surface area contributed by atoms with E-state index in [0.717, 1.165) is 12.8 Å². The van der Waals surface area contributed by atoms with Crippen molar-refractivity contribution in [2.45, 2.75) is 45.1 Å². The summed E-state index contributed by atoms with van der Waals surface area (Å²) in [6, 6.07) is 6.62. The number of nitrogens with two attached hydrogens (primary N) is 1. The lowest BCUT2D eigenvalue weighted by Crippen LogP contribution is -2.33. The molecule has 0 unspecified atom stereocenters. The first-order valence-electron chi connectivity index (χ1n) is 5.48. The fourth-order valence-electron chi connectivity index (χ4n) is 2.55.